The van der Waals surface area contributed by atoms with Gasteiger partial charge in [-0.15, -0.1) is 12.4 Å². The third kappa shape index (κ3) is 3.33. The molecule has 0 radical (unpaired) electrons. The molecule has 1 aromatic heterocycles. The highest BCUT2D eigenvalue weighted by Crippen LogP contribution is 2.24. The monoisotopic (exact) mass is 266 g/mol. The standard InChI is InChI=1S/C13H11FN2O.ClH/c14-12-4-2-1-3-11(12)13-6-5-10(17-13)9-16-8-7-15;/h1-6,16H,8-9H2;1H. The fourth-order valence-electron chi connectivity index (χ4n) is 1.52. The second-order valence-corrected chi connectivity index (χ2v) is 3.51. The molecule has 0 amide bonds. The maximum absolute atomic E-state index is 13.5. The predicted octanol–water partition coefficient (Wildman–Crippen LogP) is 3.12. The third-order valence-corrected chi connectivity index (χ3v) is 2.30. The minimum absolute atomic E-state index is 0. The molecule has 3 nitrogen and oxygen atoms in total. The van der Waals surface area contributed by atoms with Gasteiger partial charge in [0.05, 0.1) is 24.7 Å². The van der Waals surface area contributed by atoms with Crippen molar-refractivity contribution in [3.63, 3.8) is 0 Å². The van der Waals surface area contributed by atoms with E-state index in [4.69, 9.17) is 9.68 Å². The van der Waals surface area contributed by atoms with Gasteiger partial charge >= 0.3 is 0 Å². The van der Waals surface area contributed by atoms with E-state index in [-0.39, 0.29) is 24.8 Å². The van der Waals surface area contributed by atoms with E-state index >= 15 is 0 Å². The van der Waals surface area contributed by atoms with Gasteiger partial charge in [-0.25, -0.2) is 4.39 Å². The maximum atomic E-state index is 13.5. The zero-order valence-electron chi connectivity index (χ0n) is 9.52. The summed E-state index contributed by atoms with van der Waals surface area (Å²) >= 11 is 0. The number of hydrogen-bond acceptors (Lipinski definition) is 3. The van der Waals surface area contributed by atoms with Gasteiger partial charge in [-0.05, 0) is 24.3 Å². The molecule has 1 N–H and O–H groups in total. The molecule has 0 aliphatic heterocycles. The van der Waals surface area contributed by atoms with E-state index in [1.807, 2.05) is 6.07 Å². The van der Waals surface area contributed by atoms with Crippen LogP contribution in [0, 0.1) is 17.1 Å². The molecule has 94 valence electrons. The molecule has 0 bridgehead atoms. The molecule has 0 fully saturated rings. The smallest absolute Gasteiger partial charge is 0.137 e. The van der Waals surface area contributed by atoms with Gasteiger partial charge in [0, 0.05) is 0 Å². The lowest BCUT2D eigenvalue weighted by Crippen LogP contribution is -2.12. The lowest BCUT2D eigenvalue weighted by atomic mass is 10.1. The Morgan fingerprint density at radius 1 is 1.22 bits per heavy atom. The Morgan fingerprint density at radius 2 is 2.00 bits per heavy atom. The molecule has 0 atom stereocenters. The number of benzene rings is 1. The van der Waals surface area contributed by atoms with Crippen molar-refractivity contribution in [2.75, 3.05) is 6.54 Å². The van der Waals surface area contributed by atoms with Crippen LogP contribution in [0.3, 0.4) is 0 Å². The first-order valence-electron chi connectivity index (χ1n) is 5.22. The van der Waals surface area contributed by atoms with Crippen LogP contribution in [-0.4, -0.2) is 6.54 Å². The zero-order valence-corrected chi connectivity index (χ0v) is 10.3. The van der Waals surface area contributed by atoms with Gasteiger partial charge in [0.25, 0.3) is 0 Å². The van der Waals surface area contributed by atoms with Crippen LogP contribution in [0.4, 0.5) is 4.39 Å². The highest BCUT2D eigenvalue weighted by molar-refractivity contribution is 5.85. The van der Waals surface area contributed by atoms with Crippen LogP contribution in [-0.2, 0) is 6.54 Å². The number of furan rings is 1. The van der Waals surface area contributed by atoms with Crippen molar-refractivity contribution in [3.8, 4) is 17.4 Å². The molecule has 2 aromatic rings. The van der Waals surface area contributed by atoms with E-state index in [0.29, 0.717) is 23.6 Å². The lowest BCUT2D eigenvalue weighted by Gasteiger charge is -1.99. The molecular formula is C13H12ClFN2O. The van der Waals surface area contributed by atoms with E-state index in [2.05, 4.69) is 5.32 Å². The first kappa shape index (κ1) is 14.2. The third-order valence-electron chi connectivity index (χ3n) is 2.30. The van der Waals surface area contributed by atoms with Crippen LogP contribution < -0.4 is 5.32 Å². The lowest BCUT2D eigenvalue weighted by molar-refractivity contribution is 0.498. The van der Waals surface area contributed by atoms with E-state index in [0.717, 1.165) is 0 Å². The quantitative estimate of drug-likeness (QED) is 0.683. The Bertz CT molecular complexity index is 548. The Hall–Kier alpha value is -1.83. The normalized spacial score (nSPS) is 9.56. The first-order valence-corrected chi connectivity index (χ1v) is 5.22. The van der Waals surface area contributed by atoms with Crippen LogP contribution in [0.2, 0.25) is 0 Å². The van der Waals surface area contributed by atoms with Crippen LogP contribution in [0.5, 0.6) is 0 Å². The molecule has 2 rings (SSSR count). The zero-order chi connectivity index (χ0) is 12.1. The molecule has 1 aromatic carbocycles. The molecular weight excluding hydrogens is 255 g/mol. The van der Waals surface area contributed by atoms with Gasteiger partial charge in [0.15, 0.2) is 0 Å². The predicted molar refractivity (Wildman–Crippen MR) is 68.7 cm³/mol. The molecule has 5 heteroatoms. The van der Waals surface area contributed by atoms with Crippen LogP contribution in [0.15, 0.2) is 40.8 Å². The van der Waals surface area contributed by atoms with Crippen molar-refractivity contribution >= 4 is 12.4 Å². The molecule has 0 aliphatic carbocycles. The van der Waals surface area contributed by atoms with Gasteiger partial charge in [-0.1, -0.05) is 12.1 Å². The number of halogens is 2. The van der Waals surface area contributed by atoms with E-state index in [1.54, 1.807) is 30.3 Å². The highest BCUT2D eigenvalue weighted by Gasteiger charge is 2.08. The van der Waals surface area contributed by atoms with Crippen LogP contribution in [0.1, 0.15) is 5.76 Å². The van der Waals surface area contributed by atoms with Crippen LogP contribution in [0.25, 0.3) is 11.3 Å². The summed E-state index contributed by atoms with van der Waals surface area (Å²) in [6.07, 6.45) is 0. The Morgan fingerprint density at radius 3 is 2.72 bits per heavy atom. The molecule has 0 saturated carbocycles. The van der Waals surface area contributed by atoms with Gasteiger partial charge in [0.1, 0.15) is 17.3 Å². The summed E-state index contributed by atoms with van der Waals surface area (Å²) in [7, 11) is 0. The van der Waals surface area contributed by atoms with Gasteiger partial charge < -0.3 is 4.42 Å². The van der Waals surface area contributed by atoms with E-state index in [9.17, 15) is 4.39 Å². The largest absolute Gasteiger partial charge is 0.460 e. The SMILES string of the molecule is Cl.N#CCNCc1ccc(-c2ccccc2F)o1. The Balaban J connectivity index is 0.00000162. The summed E-state index contributed by atoms with van der Waals surface area (Å²) < 4.78 is 19.0. The maximum Gasteiger partial charge on any atom is 0.137 e. The van der Waals surface area contributed by atoms with Gasteiger partial charge in [-0.3, -0.25) is 5.32 Å². The summed E-state index contributed by atoms with van der Waals surface area (Å²) in [5.74, 6) is 0.869. The van der Waals surface area contributed by atoms with E-state index in [1.165, 1.54) is 6.07 Å². The second-order valence-electron chi connectivity index (χ2n) is 3.51. The topological polar surface area (TPSA) is 49.0 Å². The van der Waals surface area contributed by atoms with Gasteiger partial charge in [-0.2, -0.15) is 5.26 Å². The van der Waals surface area contributed by atoms with Crippen molar-refractivity contribution in [2.45, 2.75) is 6.54 Å². The summed E-state index contributed by atoms with van der Waals surface area (Å²) in [5.41, 5.74) is 0.444. The number of nitriles is 1. The minimum Gasteiger partial charge on any atom is -0.460 e. The Labute approximate surface area is 111 Å². The minimum atomic E-state index is -0.307. The number of nitrogens with zero attached hydrogens (tertiary/aromatic N) is 1. The number of nitrogens with one attached hydrogen (secondary N) is 1. The average molecular weight is 267 g/mol. The van der Waals surface area contributed by atoms with Crippen molar-refractivity contribution in [1.82, 2.24) is 5.32 Å². The number of hydrogen-bond donors (Lipinski definition) is 1. The van der Waals surface area contributed by atoms with E-state index < -0.39 is 0 Å². The van der Waals surface area contributed by atoms with Gasteiger partial charge in [0.2, 0.25) is 0 Å². The fourth-order valence-corrected chi connectivity index (χ4v) is 1.52. The molecule has 0 unspecified atom stereocenters. The average Bonchev–Trinajstić information content (AvgIpc) is 2.79. The summed E-state index contributed by atoms with van der Waals surface area (Å²) in [6.45, 7) is 0.720. The summed E-state index contributed by atoms with van der Waals surface area (Å²) in [5, 5.41) is 11.3. The molecule has 0 aliphatic rings. The fraction of sp³-hybridized carbons (Fsp3) is 0.154. The molecule has 0 saturated heterocycles. The van der Waals surface area contributed by atoms with Crippen molar-refractivity contribution in [2.24, 2.45) is 0 Å². The summed E-state index contributed by atoms with van der Waals surface area (Å²) in [6, 6.07) is 11.9. The Kier molecular flexibility index (Phi) is 5.37. The highest BCUT2D eigenvalue weighted by atomic mass is 35.5. The number of rotatable bonds is 4. The van der Waals surface area contributed by atoms with Crippen LogP contribution >= 0.6 is 12.4 Å². The van der Waals surface area contributed by atoms with Crippen molar-refractivity contribution in [3.05, 3.63) is 48.0 Å². The van der Waals surface area contributed by atoms with Crippen molar-refractivity contribution < 1.29 is 8.81 Å². The first-order chi connectivity index (χ1) is 8.31. The molecule has 0 spiro atoms. The summed E-state index contributed by atoms with van der Waals surface area (Å²) in [4.78, 5) is 0. The van der Waals surface area contributed by atoms with Crippen molar-refractivity contribution in [1.29, 1.82) is 5.26 Å². The molecule has 1 heterocycles. The second kappa shape index (κ2) is 6.80. The molecule has 18 heavy (non-hydrogen) atoms.